The highest BCUT2D eigenvalue weighted by Crippen LogP contribution is 2.43. The van der Waals surface area contributed by atoms with Gasteiger partial charge in [-0.25, -0.2) is 8.78 Å². The van der Waals surface area contributed by atoms with E-state index in [0.29, 0.717) is 6.07 Å². The van der Waals surface area contributed by atoms with E-state index in [1.54, 1.807) is 0 Å². The van der Waals surface area contributed by atoms with E-state index >= 15 is 0 Å². The number of halogens is 5. The molecule has 2 fully saturated rings. The number of rotatable bonds is 7. The van der Waals surface area contributed by atoms with Crippen molar-refractivity contribution in [2.75, 3.05) is 40.2 Å². The van der Waals surface area contributed by atoms with E-state index in [1.807, 2.05) is 0 Å². The molecule has 0 aliphatic carbocycles. The Balaban J connectivity index is 1.50. The average molecular weight is 505 g/mol. The number of carbonyl (C=O) groups is 1. The molecule has 190 valence electrons. The lowest BCUT2D eigenvalue weighted by Crippen LogP contribution is -2.53. The van der Waals surface area contributed by atoms with Gasteiger partial charge in [-0.1, -0.05) is 0 Å². The minimum Gasteiger partial charge on any atom is -0.493 e. The monoisotopic (exact) mass is 505 g/mol. The molecule has 35 heavy (non-hydrogen) atoms. The van der Waals surface area contributed by atoms with Crippen molar-refractivity contribution in [3.05, 3.63) is 59.2 Å². The second kappa shape index (κ2) is 9.96. The van der Waals surface area contributed by atoms with E-state index in [9.17, 15) is 26.7 Å². The Bertz CT molecular complexity index is 1150. The lowest BCUT2D eigenvalue weighted by molar-refractivity contribution is -0.325. The second-order valence-electron chi connectivity index (χ2n) is 7.85. The van der Waals surface area contributed by atoms with Gasteiger partial charge >= 0.3 is 6.36 Å². The molecule has 2 heterocycles. The fourth-order valence-corrected chi connectivity index (χ4v) is 4.09. The number of likely N-dealkylation sites (tertiary alicyclic amines) is 1. The summed E-state index contributed by atoms with van der Waals surface area (Å²) >= 11 is 0. The summed E-state index contributed by atoms with van der Waals surface area (Å²) in [5, 5.41) is 0. The van der Waals surface area contributed by atoms with Gasteiger partial charge in [-0.3, -0.25) is 9.53 Å². The first-order valence-corrected chi connectivity index (χ1v) is 10.5. The molecule has 2 atom stereocenters. The van der Waals surface area contributed by atoms with Crippen LogP contribution in [0.2, 0.25) is 0 Å². The summed E-state index contributed by atoms with van der Waals surface area (Å²) in [5.74, 6) is -2.03. The molecule has 4 rings (SSSR count). The van der Waals surface area contributed by atoms with Crippen LogP contribution in [0, 0.1) is 11.6 Å². The maximum absolute atomic E-state index is 13.9. The molecule has 7 nitrogen and oxygen atoms in total. The Kier molecular flexibility index (Phi) is 6.40. The summed E-state index contributed by atoms with van der Waals surface area (Å²) in [7, 11) is 1.29. The molecule has 2 aromatic carbocycles. The largest absolute Gasteiger partial charge is 0.522 e. The summed E-state index contributed by atoms with van der Waals surface area (Å²) in [6.07, 6.45) is -5.87. The standard InChI is InChI=1S/C23H22F5NO6/c1-31-19-8-14(2-3-18(19)32-6-7-34-23(26,27)28)21(30)29-5-4-22(20(12-29)33-13-35-22)15-9-16(24)11-17(25)10-15/h2-3,8-11,20H,4-7,12-13H2,1H3/i13D2. The fraction of sp³-hybridized carbons (Fsp3) is 0.435. The number of nitrogens with zero attached hydrogens (tertiary/aromatic N) is 1. The summed E-state index contributed by atoms with van der Waals surface area (Å²) in [5.41, 5.74) is -1.31. The number of piperidine rings is 1. The number of hydrogen-bond acceptors (Lipinski definition) is 6. The van der Waals surface area contributed by atoms with Gasteiger partial charge in [-0.15, -0.1) is 13.2 Å². The van der Waals surface area contributed by atoms with E-state index in [2.05, 4.69) is 4.74 Å². The van der Waals surface area contributed by atoms with Gasteiger partial charge < -0.3 is 23.8 Å². The topological polar surface area (TPSA) is 66.5 Å². The van der Waals surface area contributed by atoms with Crippen molar-refractivity contribution < 1.29 is 53.2 Å². The molecule has 0 aromatic heterocycles. The number of benzene rings is 2. The molecule has 2 aliphatic rings. The quantitative estimate of drug-likeness (QED) is 0.419. The number of hydrogen-bond donors (Lipinski definition) is 0. The van der Waals surface area contributed by atoms with Gasteiger partial charge in [0.25, 0.3) is 5.91 Å². The van der Waals surface area contributed by atoms with Crippen LogP contribution in [0.3, 0.4) is 0 Å². The zero-order valence-electron chi connectivity index (χ0n) is 20.4. The van der Waals surface area contributed by atoms with Crippen LogP contribution >= 0.6 is 0 Å². The van der Waals surface area contributed by atoms with Crippen molar-refractivity contribution >= 4 is 5.91 Å². The van der Waals surface area contributed by atoms with Crippen molar-refractivity contribution in [1.82, 2.24) is 4.90 Å². The molecule has 12 heteroatoms. The molecule has 2 unspecified atom stereocenters. The van der Waals surface area contributed by atoms with Crippen LogP contribution in [0.15, 0.2) is 36.4 Å². The molecule has 0 N–H and O–H groups in total. The number of methoxy groups -OCH3 is 1. The van der Waals surface area contributed by atoms with E-state index < -0.39 is 55.6 Å². The van der Waals surface area contributed by atoms with E-state index in [4.69, 9.17) is 21.7 Å². The number of ether oxygens (including phenoxy) is 5. The SMILES string of the molecule is [2H]C1([2H])OC2CN(C(=O)c3ccc(OCCOC(F)(F)F)c(OC)c3)CCC2(c2cc(F)cc(F)c2)O1. The summed E-state index contributed by atoms with van der Waals surface area (Å²) in [4.78, 5) is 14.6. The average Bonchev–Trinajstić information content (AvgIpc) is 3.10. The lowest BCUT2D eigenvalue weighted by Gasteiger charge is -2.42. The van der Waals surface area contributed by atoms with Crippen molar-refractivity contribution in [2.45, 2.75) is 24.5 Å². The Hall–Kier alpha value is -2.96. The summed E-state index contributed by atoms with van der Waals surface area (Å²) < 4.78 is 105. The Morgan fingerprint density at radius 3 is 2.60 bits per heavy atom. The van der Waals surface area contributed by atoms with E-state index in [1.165, 1.54) is 30.2 Å². The third-order valence-corrected chi connectivity index (χ3v) is 5.73. The van der Waals surface area contributed by atoms with Crippen LogP contribution in [0.25, 0.3) is 0 Å². The zero-order chi connectivity index (χ0) is 27.0. The first-order chi connectivity index (χ1) is 17.3. The first-order valence-electron chi connectivity index (χ1n) is 11.5. The van der Waals surface area contributed by atoms with Crippen LogP contribution in [0.4, 0.5) is 22.0 Å². The Labute approximate surface area is 200 Å². The van der Waals surface area contributed by atoms with Gasteiger partial charge in [-0.2, -0.15) is 0 Å². The smallest absolute Gasteiger partial charge is 0.493 e. The highest BCUT2D eigenvalue weighted by Gasteiger charge is 2.51. The van der Waals surface area contributed by atoms with Crippen LogP contribution in [0.1, 0.15) is 25.1 Å². The molecule has 0 radical (unpaired) electrons. The van der Waals surface area contributed by atoms with E-state index in [-0.39, 0.29) is 42.1 Å². The maximum atomic E-state index is 13.9. The van der Waals surface area contributed by atoms with Gasteiger partial charge in [0.2, 0.25) is 0 Å². The van der Waals surface area contributed by atoms with Crippen molar-refractivity contribution in [1.29, 1.82) is 0 Å². The maximum Gasteiger partial charge on any atom is 0.522 e. The van der Waals surface area contributed by atoms with Gasteiger partial charge in [0.1, 0.15) is 36.7 Å². The molecular weight excluding hydrogens is 481 g/mol. The lowest BCUT2D eigenvalue weighted by atomic mass is 9.82. The predicted octanol–water partition coefficient (Wildman–Crippen LogP) is 4.00. The molecular formula is C23H22F5NO6. The van der Waals surface area contributed by atoms with Crippen LogP contribution in [-0.4, -0.2) is 63.4 Å². The van der Waals surface area contributed by atoms with Crippen molar-refractivity contribution in [2.24, 2.45) is 0 Å². The molecule has 2 aliphatic heterocycles. The van der Waals surface area contributed by atoms with Gasteiger partial charge in [0.15, 0.2) is 11.5 Å². The molecule has 2 aromatic rings. The Morgan fingerprint density at radius 2 is 1.91 bits per heavy atom. The molecule has 0 spiro atoms. The van der Waals surface area contributed by atoms with Gasteiger partial charge in [0.05, 0.1) is 23.0 Å². The predicted molar refractivity (Wildman–Crippen MR) is 110 cm³/mol. The third kappa shape index (κ3) is 5.49. The Morgan fingerprint density at radius 1 is 1.17 bits per heavy atom. The van der Waals surface area contributed by atoms with Gasteiger partial charge in [-0.05, 0) is 35.9 Å². The third-order valence-electron chi connectivity index (χ3n) is 5.73. The van der Waals surface area contributed by atoms with Crippen LogP contribution < -0.4 is 9.47 Å². The van der Waals surface area contributed by atoms with Crippen LogP contribution in [0.5, 0.6) is 11.5 Å². The van der Waals surface area contributed by atoms with E-state index in [0.717, 1.165) is 12.1 Å². The highest BCUT2D eigenvalue weighted by molar-refractivity contribution is 5.95. The number of fused-ring (bicyclic) bond motifs is 1. The molecule has 2 saturated heterocycles. The minimum absolute atomic E-state index is 0.0106. The summed E-state index contributed by atoms with van der Waals surface area (Å²) in [6.45, 7) is -3.81. The summed E-state index contributed by atoms with van der Waals surface area (Å²) in [6, 6.07) is 6.86. The van der Waals surface area contributed by atoms with Crippen molar-refractivity contribution in [3.8, 4) is 11.5 Å². The number of carbonyl (C=O) groups excluding carboxylic acids is 1. The van der Waals surface area contributed by atoms with Gasteiger partial charge in [0, 0.05) is 24.6 Å². The number of amides is 1. The highest BCUT2D eigenvalue weighted by atomic mass is 19.4. The zero-order valence-corrected chi connectivity index (χ0v) is 18.4. The van der Waals surface area contributed by atoms with Crippen LogP contribution in [-0.2, 0) is 19.8 Å². The normalized spacial score (nSPS) is 24.4. The van der Waals surface area contributed by atoms with Crippen molar-refractivity contribution in [3.63, 3.8) is 0 Å². The minimum atomic E-state index is -4.79. The molecule has 0 bridgehead atoms. The first kappa shape index (κ1) is 22.5. The number of alkyl halides is 3. The molecule has 1 amide bonds. The fourth-order valence-electron chi connectivity index (χ4n) is 4.09. The second-order valence-corrected chi connectivity index (χ2v) is 7.85. The molecule has 0 saturated carbocycles.